The van der Waals surface area contributed by atoms with Crippen molar-refractivity contribution in [2.24, 2.45) is 0 Å². The minimum atomic E-state index is -0.341. The molecule has 0 amide bonds. The minimum Gasteiger partial charge on any atom is -0.389 e. The number of aliphatic hydroxyl groups excluding tert-OH is 1. The molecule has 0 saturated heterocycles. The highest BCUT2D eigenvalue weighted by Crippen LogP contribution is 2.20. The predicted octanol–water partition coefficient (Wildman–Crippen LogP) is 3.09. The molecule has 1 nitrogen and oxygen atoms in total. The lowest BCUT2D eigenvalue weighted by molar-refractivity contribution is 0.232. The van der Waals surface area contributed by atoms with Gasteiger partial charge in [0, 0.05) is 9.75 Å². The summed E-state index contributed by atoms with van der Waals surface area (Å²) in [7, 11) is 0. The highest BCUT2D eigenvalue weighted by atomic mass is 32.1. The van der Waals surface area contributed by atoms with Crippen LogP contribution in [0.15, 0.2) is 17.7 Å². The van der Waals surface area contributed by atoms with Crippen LogP contribution in [0.5, 0.6) is 0 Å². The highest BCUT2D eigenvalue weighted by molar-refractivity contribution is 7.12. The highest BCUT2D eigenvalue weighted by Gasteiger charge is 2.00. The van der Waals surface area contributed by atoms with Gasteiger partial charge >= 0.3 is 0 Å². The van der Waals surface area contributed by atoms with Gasteiger partial charge in [-0.25, -0.2) is 0 Å². The van der Waals surface area contributed by atoms with Gasteiger partial charge in [-0.15, -0.1) is 11.3 Å². The molecular weight excluding hydrogens is 180 g/mol. The van der Waals surface area contributed by atoms with E-state index in [1.165, 1.54) is 9.75 Å². The molecule has 0 radical (unpaired) electrons. The molecule has 1 N–H and O–H groups in total. The van der Waals surface area contributed by atoms with Crippen LogP contribution in [-0.2, 0) is 6.42 Å². The number of hydrogen-bond donors (Lipinski definition) is 1. The summed E-state index contributed by atoms with van der Waals surface area (Å²) in [5, 5.41) is 9.28. The summed E-state index contributed by atoms with van der Waals surface area (Å²) in [6, 6.07) is 4.25. The van der Waals surface area contributed by atoms with Crippen LogP contribution in [0.1, 0.15) is 30.5 Å². The van der Waals surface area contributed by atoms with Crippen molar-refractivity contribution in [1.82, 2.24) is 0 Å². The number of hydrogen-bond acceptors (Lipinski definition) is 2. The standard InChI is InChI=1S/C11H16OS/c1-4-10-5-6-11(13-10)7-8(2)9(3)12/h5-7,9,12H,4H2,1-3H3/b8-7-. The van der Waals surface area contributed by atoms with E-state index in [4.69, 9.17) is 0 Å². The second kappa shape index (κ2) is 4.58. The summed E-state index contributed by atoms with van der Waals surface area (Å²) in [6.45, 7) is 5.90. The number of rotatable bonds is 3. The summed E-state index contributed by atoms with van der Waals surface area (Å²) in [5.41, 5.74) is 1.02. The molecule has 0 saturated carbocycles. The Kier molecular flexibility index (Phi) is 3.70. The van der Waals surface area contributed by atoms with E-state index in [9.17, 15) is 5.11 Å². The summed E-state index contributed by atoms with van der Waals surface area (Å²) in [5.74, 6) is 0. The quantitative estimate of drug-likeness (QED) is 0.787. The fraction of sp³-hybridized carbons (Fsp3) is 0.455. The minimum absolute atomic E-state index is 0.341. The molecule has 1 aromatic rings. The molecule has 0 aliphatic heterocycles. The smallest absolute Gasteiger partial charge is 0.0722 e. The SMILES string of the molecule is CCc1ccc(/C=C(/C)C(C)O)s1. The van der Waals surface area contributed by atoms with Crippen LogP contribution in [0.2, 0.25) is 0 Å². The monoisotopic (exact) mass is 196 g/mol. The van der Waals surface area contributed by atoms with Crippen molar-refractivity contribution in [2.45, 2.75) is 33.3 Å². The Hall–Kier alpha value is -0.600. The van der Waals surface area contributed by atoms with Crippen LogP contribution in [-0.4, -0.2) is 11.2 Å². The van der Waals surface area contributed by atoms with Crippen molar-refractivity contribution in [3.63, 3.8) is 0 Å². The van der Waals surface area contributed by atoms with E-state index in [0.29, 0.717) is 0 Å². The van der Waals surface area contributed by atoms with Gasteiger partial charge in [-0.3, -0.25) is 0 Å². The molecule has 0 aliphatic rings. The Morgan fingerprint density at radius 2 is 2.31 bits per heavy atom. The first kappa shape index (κ1) is 10.5. The third-order valence-electron chi connectivity index (χ3n) is 2.06. The van der Waals surface area contributed by atoms with Gasteiger partial charge in [-0.2, -0.15) is 0 Å². The van der Waals surface area contributed by atoms with Gasteiger partial charge in [0.25, 0.3) is 0 Å². The fourth-order valence-corrected chi connectivity index (χ4v) is 1.97. The molecule has 1 unspecified atom stereocenters. The van der Waals surface area contributed by atoms with Crippen molar-refractivity contribution in [1.29, 1.82) is 0 Å². The molecule has 0 bridgehead atoms. The lowest BCUT2D eigenvalue weighted by Crippen LogP contribution is -1.99. The molecule has 1 heterocycles. The molecule has 13 heavy (non-hydrogen) atoms. The molecule has 1 atom stereocenters. The zero-order chi connectivity index (χ0) is 9.84. The van der Waals surface area contributed by atoms with E-state index in [2.05, 4.69) is 25.1 Å². The van der Waals surface area contributed by atoms with Crippen LogP contribution in [0.3, 0.4) is 0 Å². The Bertz CT molecular complexity index is 297. The van der Waals surface area contributed by atoms with Gasteiger partial charge in [-0.05, 0) is 44.1 Å². The topological polar surface area (TPSA) is 20.2 Å². The molecule has 1 rings (SSSR count). The van der Waals surface area contributed by atoms with Gasteiger partial charge in [0.15, 0.2) is 0 Å². The summed E-state index contributed by atoms with van der Waals surface area (Å²) >= 11 is 1.79. The molecule has 0 fully saturated rings. The van der Waals surface area contributed by atoms with Crippen LogP contribution in [0.25, 0.3) is 6.08 Å². The van der Waals surface area contributed by atoms with Crippen molar-refractivity contribution < 1.29 is 5.11 Å². The van der Waals surface area contributed by atoms with E-state index in [-0.39, 0.29) is 6.10 Å². The van der Waals surface area contributed by atoms with Crippen molar-refractivity contribution in [3.8, 4) is 0 Å². The van der Waals surface area contributed by atoms with Crippen LogP contribution in [0, 0.1) is 0 Å². The van der Waals surface area contributed by atoms with E-state index < -0.39 is 0 Å². The van der Waals surface area contributed by atoms with Crippen molar-refractivity contribution in [2.75, 3.05) is 0 Å². The number of aryl methyl sites for hydroxylation is 1. The van der Waals surface area contributed by atoms with Crippen molar-refractivity contribution >= 4 is 17.4 Å². The Morgan fingerprint density at radius 3 is 2.77 bits per heavy atom. The van der Waals surface area contributed by atoms with E-state index in [1.807, 2.05) is 6.92 Å². The van der Waals surface area contributed by atoms with Gasteiger partial charge in [0.05, 0.1) is 6.10 Å². The van der Waals surface area contributed by atoms with Crippen LogP contribution >= 0.6 is 11.3 Å². The number of aliphatic hydroxyl groups is 1. The average Bonchev–Trinajstić information content (AvgIpc) is 2.52. The fourth-order valence-electron chi connectivity index (χ4n) is 1.01. The molecule has 1 aromatic heterocycles. The number of thiophene rings is 1. The maximum absolute atomic E-state index is 9.28. The third-order valence-corrected chi connectivity index (χ3v) is 3.24. The van der Waals surface area contributed by atoms with Gasteiger partial charge in [-0.1, -0.05) is 6.92 Å². The lowest BCUT2D eigenvalue weighted by Gasteiger charge is -2.01. The summed E-state index contributed by atoms with van der Waals surface area (Å²) in [6.07, 6.45) is 2.80. The average molecular weight is 196 g/mol. The van der Waals surface area contributed by atoms with Gasteiger partial charge < -0.3 is 5.11 Å². The Labute approximate surface area is 83.7 Å². The zero-order valence-corrected chi connectivity index (χ0v) is 9.19. The van der Waals surface area contributed by atoms with Gasteiger partial charge in [0.2, 0.25) is 0 Å². The van der Waals surface area contributed by atoms with E-state index in [0.717, 1.165) is 12.0 Å². The lowest BCUT2D eigenvalue weighted by atomic mass is 10.2. The Balaban J connectivity index is 2.79. The molecule has 72 valence electrons. The summed E-state index contributed by atoms with van der Waals surface area (Å²) < 4.78 is 0. The van der Waals surface area contributed by atoms with Crippen LogP contribution < -0.4 is 0 Å². The first-order chi connectivity index (χ1) is 6.13. The summed E-state index contributed by atoms with van der Waals surface area (Å²) in [4.78, 5) is 2.62. The first-order valence-corrected chi connectivity index (χ1v) is 5.40. The van der Waals surface area contributed by atoms with Crippen LogP contribution in [0.4, 0.5) is 0 Å². The maximum Gasteiger partial charge on any atom is 0.0722 e. The van der Waals surface area contributed by atoms with Crippen molar-refractivity contribution in [3.05, 3.63) is 27.5 Å². The second-order valence-corrected chi connectivity index (χ2v) is 4.42. The normalized spacial score (nSPS) is 14.6. The molecule has 2 heteroatoms. The molecule has 0 spiro atoms. The van der Waals surface area contributed by atoms with E-state index in [1.54, 1.807) is 18.3 Å². The third kappa shape index (κ3) is 2.98. The van der Waals surface area contributed by atoms with Gasteiger partial charge in [0.1, 0.15) is 0 Å². The Morgan fingerprint density at radius 1 is 1.62 bits per heavy atom. The predicted molar refractivity (Wildman–Crippen MR) is 59.0 cm³/mol. The maximum atomic E-state index is 9.28. The molecule has 0 aliphatic carbocycles. The first-order valence-electron chi connectivity index (χ1n) is 4.58. The van der Waals surface area contributed by atoms with E-state index >= 15 is 0 Å². The zero-order valence-electron chi connectivity index (χ0n) is 8.37. The second-order valence-electron chi connectivity index (χ2n) is 3.22. The largest absolute Gasteiger partial charge is 0.389 e. The molecular formula is C11H16OS. The molecule has 0 aromatic carbocycles.